The maximum absolute atomic E-state index is 12.7. The van der Waals surface area contributed by atoms with E-state index in [0.717, 1.165) is 11.1 Å². The van der Waals surface area contributed by atoms with E-state index in [9.17, 15) is 13.2 Å². The monoisotopic (exact) mass is 399 g/mol. The predicted octanol–water partition coefficient (Wildman–Crippen LogP) is 2.42. The predicted molar refractivity (Wildman–Crippen MR) is 105 cm³/mol. The van der Waals surface area contributed by atoms with Gasteiger partial charge in [-0.05, 0) is 30.7 Å². The molecule has 0 aliphatic carbocycles. The highest BCUT2D eigenvalue weighted by Crippen LogP contribution is 2.18. The Bertz CT molecular complexity index is 1100. The van der Waals surface area contributed by atoms with Crippen molar-refractivity contribution in [1.29, 1.82) is 0 Å². The summed E-state index contributed by atoms with van der Waals surface area (Å²) in [6.45, 7) is 3.29. The van der Waals surface area contributed by atoms with Crippen LogP contribution < -0.4 is 0 Å². The number of fused-ring (bicyclic) bond motifs is 1. The number of oxazole rings is 1. The molecule has 0 spiro atoms. The molecule has 1 aromatic heterocycles. The molecule has 1 fully saturated rings. The van der Waals surface area contributed by atoms with Gasteiger partial charge in [-0.3, -0.25) is 4.79 Å². The van der Waals surface area contributed by atoms with Gasteiger partial charge in [-0.1, -0.05) is 29.8 Å². The Kier molecular flexibility index (Phi) is 4.91. The fraction of sp³-hybridized carbons (Fsp3) is 0.300. The van der Waals surface area contributed by atoms with Crippen LogP contribution in [0.4, 0.5) is 0 Å². The Hall–Kier alpha value is -2.71. The number of carbonyl (C=O) groups is 1. The number of aromatic nitrogens is 1. The van der Waals surface area contributed by atoms with Gasteiger partial charge in [0.1, 0.15) is 5.52 Å². The summed E-state index contributed by atoms with van der Waals surface area (Å²) < 4.78 is 32.1. The van der Waals surface area contributed by atoms with Crippen LogP contribution in [0.25, 0.3) is 11.1 Å². The van der Waals surface area contributed by atoms with Gasteiger partial charge >= 0.3 is 0 Å². The van der Waals surface area contributed by atoms with Crippen molar-refractivity contribution in [2.45, 2.75) is 12.7 Å². The van der Waals surface area contributed by atoms with Gasteiger partial charge in [-0.15, -0.1) is 0 Å². The van der Waals surface area contributed by atoms with Crippen LogP contribution >= 0.6 is 0 Å². The average Bonchev–Trinajstić information content (AvgIpc) is 3.17. The molecule has 1 aliphatic rings. The molecule has 0 unspecified atom stereocenters. The van der Waals surface area contributed by atoms with Crippen molar-refractivity contribution >= 4 is 27.0 Å². The molecule has 8 heteroatoms. The average molecular weight is 399 g/mol. The van der Waals surface area contributed by atoms with Crippen molar-refractivity contribution < 1.29 is 17.6 Å². The Morgan fingerprint density at radius 2 is 1.79 bits per heavy atom. The number of amides is 1. The second-order valence-corrected chi connectivity index (χ2v) is 8.94. The van der Waals surface area contributed by atoms with Gasteiger partial charge in [-0.25, -0.2) is 13.4 Å². The number of rotatable bonds is 4. The van der Waals surface area contributed by atoms with E-state index in [1.807, 2.05) is 31.2 Å². The molecule has 7 nitrogen and oxygen atoms in total. The van der Waals surface area contributed by atoms with Gasteiger partial charge in [0.15, 0.2) is 12.0 Å². The second kappa shape index (κ2) is 7.37. The third-order valence-corrected chi connectivity index (χ3v) is 6.82. The molecule has 28 heavy (non-hydrogen) atoms. The lowest BCUT2D eigenvalue weighted by Gasteiger charge is -2.34. The van der Waals surface area contributed by atoms with Crippen LogP contribution in [0.5, 0.6) is 0 Å². The SMILES string of the molecule is Cc1ccc(CS(=O)(=O)N2CCN(C(=O)c3ccc4ocnc4c3)CC2)cc1. The number of carbonyl (C=O) groups excluding carboxylic acids is 1. The Labute approximate surface area is 163 Å². The zero-order chi connectivity index (χ0) is 19.7. The molecule has 2 heterocycles. The zero-order valence-corrected chi connectivity index (χ0v) is 16.4. The summed E-state index contributed by atoms with van der Waals surface area (Å²) in [5.74, 6) is -0.148. The normalized spacial score (nSPS) is 15.8. The van der Waals surface area contributed by atoms with Crippen molar-refractivity contribution in [3.63, 3.8) is 0 Å². The molecule has 0 saturated carbocycles. The lowest BCUT2D eigenvalue weighted by atomic mass is 10.1. The third kappa shape index (κ3) is 3.79. The summed E-state index contributed by atoms with van der Waals surface area (Å²) in [6.07, 6.45) is 1.34. The highest BCUT2D eigenvalue weighted by molar-refractivity contribution is 7.88. The molecule has 1 aliphatic heterocycles. The van der Waals surface area contributed by atoms with Crippen LogP contribution in [-0.4, -0.2) is 54.7 Å². The minimum Gasteiger partial charge on any atom is -0.443 e. The largest absolute Gasteiger partial charge is 0.443 e. The highest BCUT2D eigenvalue weighted by Gasteiger charge is 2.29. The van der Waals surface area contributed by atoms with Gasteiger partial charge in [-0.2, -0.15) is 4.31 Å². The first-order chi connectivity index (χ1) is 13.4. The van der Waals surface area contributed by atoms with Crippen LogP contribution in [0, 0.1) is 6.92 Å². The third-order valence-electron chi connectivity index (χ3n) is 4.97. The molecule has 0 atom stereocenters. The maximum atomic E-state index is 12.7. The minimum absolute atomic E-state index is 0.0238. The Morgan fingerprint density at radius 1 is 1.07 bits per heavy atom. The summed E-state index contributed by atoms with van der Waals surface area (Å²) in [7, 11) is -3.41. The molecular formula is C20H21N3O4S. The summed E-state index contributed by atoms with van der Waals surface area (Å²) in [5, 5.41) is 0. The van der Waals surface area contributed by atoms with Crippen LogP contribution in [0.15, 0.2) is 53.3 Å². The van der Waals surface area contributed by atoms with E-state index >= 15 is 0 Å². The van der Waals surface area contributed by atoms with Gasteiger partial charge in [0, 0.05) is 31.7 Å². The first-order valence-electron chi connectivity index (χ1n) is 9.08. The van der Waals surface area contributed by atoms with Crippen LogP contribution in [0.3, 0.4) is 0 Å². The highest BCUT2D eigenvalue weighted by atomic mass is 32.2. The number of hydrogen-bond donors (Lipinski definition) is 0. The van der Waals surface area contributed by atoms with E-state index < -0.39 is 10.0 Å². The first kappa shape index (κ1) is 18.6. The molecule has 146 valence electrons. The number of aryl methyl sites for hydroxylation is 1. The quantitative estimate of drug-likeness (QED) is 0.673. The topological polar surface area (TPSA) is 83.7 Å². The van der Waals surface area contributed by atoms with Crippen molar-refractivity contribution in [3.05, 3.63) is 65.5 Å². The molecular weight excluding hydrogens is 378 g/mol. The van der Waals surface area contributed by atoms with E-state index in [-0.39, 0.29) is 11.7 Å². The molecule has 2 aromatic carbocycles. The van der Waals surface area contributed by atoms with Crippen LogP contribution in [0.1, 0.15) is 21.5 Å². The summed E-state index contributed by atoms with van der Waals surface area (Å²) >= 11 is 0. The van der Waals surface area contributed by atoms with E-state index in [0.29, 0.717) is 42.8 Å². The van der Waals surface area contributed by atoms with Crippen molar-refractivity contribution in [2.24, 2.45) is 0 Å². The summed E-state index contributed by atoms with van der Waals surface area (Å²) in [6, 6.07) is 12.6. The molecule has 0 N–H and O–H groups in total. The number of piperazine rings is 1. The second-order valence-electron chi connectivity index (χ2n) is 6.97. The lowest BCUT2D eigenvalue weighted by molar-refractivity contribution is 0.0698. The van der Waals surface area contributed by atoms with Gasteiger partial charge in [0.2, 0.25) is 10.0 Å². The van der Waals surface area contributed by atoms with Crippen molar-refractivity contribution in [1.82, 2.24) is 14.2 Å². The molecule has 1 amide bonds. The molecule has 0 bridgehead atoms. The number of nitrogens with zero attached hydrogens (tertiary/aromatic N) is 3. The smallest absolute Gasteiger partial charge is 0.254 e. The van der Waals surface area contributed by atoms with Gasteiger partial charge in [0.25, 0.3) is 5.91 Å². The van der Waals surface area contributed by atoms with Crippen LogP contribution in [0.2, 0.25) is 0 Å². The van der Waals surface area contributed by atoms with Crippen LogP contribution in [-0.2, 0) is 15.8 Å². The maximum Gasteiger partial charge on any atom is 0.254 e. The standard InChI is InChI=1S/C20H21N3O4S/c1-15-2-4-16(5-3-15)13-28(25,26)23-10-8-22(9-11-23)20(24)17-6-7-19-18(12-17)21-14-27-19/h2-7,12,14H,8-11,13H2,1H3. The fourth-order valence-corrected chi connectivity index (χ4v) is 4.84. The summed E-state index contributed by atoms with van der Waals surface area (Å²) in [5.41, 5.74) is 3.65. The number of benzene rings is 2. The molecule has 1 saturated heterocycles. The number of sulfonamides is 1. The van der Waals surface area contributed by atoms with Gasteiger partial charge < -0.3 is 9.32 Å². The van der Waals surface area contributed by atoms with E-state index in [1.165, 1.54) is 10.7 Å². The Morgan fingerprint density at radius 3 is 2.50 bits per heavy atom. The molecule has 0 radical (unpaired) electrons. The zero-order valence-electron chi connectivity index (χ0n) is 15.5. The molecule has 3 aromatic rings. The van der Waals surface area contributed by atoms with E-state index in [4.69, 9.17) is 4.42 Å². The lowest BCUT2D eigenvalue weighted by Crippen LogP contribution is -2.50. The van der Waals surface area contributed by atoms with Crippen molar-refractivity contribution in [3.8, 4) is 0 Å². The summed E-state index contributed by atoms with van der Waals surface area (Å²) in [4.78, 5) is 18.5. The number of hydrogen-bond acceptors (Lipinski definition) is 5. The fourth-order valence-electron chi connectivity index (χ4n) is 3.33. The van der Waals surface area contributed by atoms with E-state index in [2.05, 4.69) is 4.98 Å². The van der Waals surface area contributed by atoms with Gasteiger partial charge in [0.05, 0.1) is 5.75 Å². The minimum atomic E-state index is -3.41. The Balaban J connectivity index is 1.40. The van der Waals surface area contributed by atoms with E-state index in [1.54, 1.807) is 23.1 Å². The van der Waals surface area contributed by atoms with Crippen molar-refractivity contribution in [2.75, 3.05) is 26.2 Å². The first-order valence-corrected chi connectivity index (χ1v) is 10.7. The molecule has 4 rings (SSSR count).